The lowest BCUT2D eigenvalue weighted by Crippen LogP contribution is -1.95. The standard InChI is InChI=1S/C8H7ClFN5S/c1-15-8(12-13-14-15)16-7-2-4(9)5(10)3-6(7)11/h2-3H,11H2,1H3. The van der Waals surface area contributed by atoms with E-state index in [4.69, 9.17) is 17.3 Å². The van der Waals surface area contributed by atoms with Crippen molar-refractivity contribution in [2.75, 3.05) is 5.73 Å². The molecule has 0 bridgehead atoms. The van der Waals surface area contributed by atoms with Gasteiger partial charge >= 0.3 is 0 Å². The van der Waals surface area contributed by atoms with Crippen molar-refractivity contribution in [3.63, 3.8) is 0 Å². The molecule has 0 unspecified atom stereocenters. The average Bonchev–Trinajstić information content (AvgIpc) is 2.61. The summed E-state index contributed by atoms with van der Waals surface area (Å²) in [4.78, 5) is 0.615. The van der Waals surface area contributed by atoms with Crippen molar-refractivity contribution in [2.45, 2.75) is 10.1 Å². The van der Waals surface area contributed by atoms with E-state index in [1.54, 1.807) is 7.05 Å². The number of aromatic nitrogens is 4. The number of aryl methyl sites for hydroxylation is 1. The second-order valence-electron chi connectivity index (χ2n) is 2.99. The van der Waals surface area contributed by atoms with Crippen LogP contribution in [0.25, 0.3) is 0 Å². The van der Waals surface area contributed by atoms with Crippen molar-refractivity contribution >= 4 is 29.1 Å². The van der Waals surface area contributed by atoms with Gasteiger partial charge in [-0.05, 0) is 34.3 Å². The first-order chi connectivity index (χ1) is 7.58. The molecule has 1 aromatic heterocycles. The highest BCUT2D eigenvalue weighted by atomic mass is 35.5. The molecule has 0 atom stereocenters. The van der Waals surface area contributed by atoms with E-state index in [9.17, 15) is 4.39 Å². The van der Waals surface area contributed by atoms with Crippen molar-refractivity contribution in [1.29, 1.82) is 0 Å². The summed E-state index contributed by atoms with van der Waals surface area (Å²) < 4.78 is 14.5. The monoisotopic (exact) mass is 259 g/mol. The minimum absolute atomic E-state index is 0.0202. The van der Waals surface area contributed by atoms with Gasteiger partial charge in [0.1, 0.15) is 5.82 Å². The van der Waals surface area contributed by atoms with Crippen LogP contribution in [0.4, 0.5) is 10.1 Å². The highest BCUT2D eigenvalue weighted by Gasteiger charge is 2.11. The minimum Gasteiger partial charge on any atom is -0.398 e. The fourth-order valence-electron chi connectivity index (χ4n) is 1.04. The summed E-state index contributed by atoms with van der Waals surface area (Å²) in [7, 11) is 1.70. The number of tetrazole rings is 1. The second kappa shape index (κ2) is 4.26. The lowest BCUT2D eigenvalue weighted by atomic mass is 10.3. The molecule has 1 aromatic carbocycles. The second-order valence-corrected chi connectivity index (χ2v) is 4.41. The number of halogens is 2. The molecular formula is C8H7ClFN5S. The summed E-state index contributed by atoms with van der Waals surface area (Å²) in [5.74, 6) is -0.542. The maximum atomic E-state index is 13.1. The van der Waals surface area contributed by atoms with E-state index in [0.717, 1.165) is 0 Å². The Morgan fingerprint density at radius 1 is 1.50 bits per heavy atom. The number of anilines is 1. The van der Waals surface area contributed by atoms with Gasteiger partial charge in [-0.15, -0.1) is 5.10 Å². The number of hydrogen-bond donors (Lipinski definition) is 1. The SMILES string of the molecule is Cn1nnnc1Sc1cc(Cl)c(F)cc1N. The van der Waals surface area contributed by atoms with E-state index in [1.807, 2.05) is 0 Å². The van der Waals surface area contributed by atoms with Gasteiger partial charge in [0.15, 0.2) is 0 Å². The molecule has 8 heteroatoms. The van der Waals surface area contributed by atoms with Crippen LogP contribution in [0.15, 0.2) is 22.2 Å². The third-order valence-corrected chi connectivity index (χ3v) is 3.23. The van der Waals surface area contributed by atoms with E-state index in [0.29, 0.717) is 15.7 Å². The summed E-state index contributed by atoms with van der Waals surface area (Å²) in [5, 5.41) is 11.5. The first-order valence-corrected chi connectivity index (χ1v) is 5.42. The minimum atomic E-state index is -0.542. The Morgan fingerprint density at radius 2 is 2.25 bits per heavy atom. The number of nitrogens with two attached hydrogens (primary N) is 1. The highest BCUT2D eigenvalue weighted by Crippen LogP contribution is 2.33. The van der Waals surface area contributed by atoms with Gasteiger partial charge < -0.3 is 5.73 Å². The number of hydrogen-bond acceptors (Lipinski definition) is 5. The van der Waals surface area contributed by atoms with Crippen molar-refractivity contribution in [3.8, 4) is 0 Å². The fourth-order valence-corrected chi connectivity index (χ4v) is 2.06. The normalized spacial score (nSPS) is 10.7. The molecule has 0 aliphatic carbocycles. The van der Waals surface area contributed by atoms with Crippen LogP contribution in [-0.2, 0) is 7.05 Å². The molecule has 5 nitrogen and oxygen atoms in total. The third kappa shape index (κ3) is 2.10. The van der Waals surface area contributed by atoms with E-state index in [2.05, 4.69) is 15.5 Å². The van der Waals surface area contributed by atoms with Crippen LogP contribution in [0.2, 0.25) is 5.02 Å². The van der Waals surface area contributed by atoms with Gasteiger partial charge in [-0.2, -0.15) is 0 Å². The van der Waals surface area contributed by atoms with Crippen molar-refractivity contribution in [2.24, 2.45) is 7.05 Å². The first-order valence-electron chi connectivity index (χ1n) is 4.22. The molecule has 0 amide bonds. The Labute approximate surface area is 99.8 Å². The molecule has 0 saturated carbocycles. The van der Waals surface area contributed by atoms with Gasteiger partial charge in [0.25, 0.3) is 0 Å². The molecule has 0 radical (unpaired) electrons. The highest BCUT2D eigenvalue weighted by molar-refractivity contribution is 7.99. The van der Waals surface area contributed by atoms with Gasteiger partial charge in [-0.1, -0.05) is 11.6 Å². The van der Waals surface area contributed by atoms with Gasteiger partial charge in [0.05, 0.1) is 5.02 Å². The number of rotatable bonds is 2. The molecule has 0 aliphatic rings. The smallest absolute Gasteiger partial charge is 0.213 e. The molecule has 2 N–H and O–H groups in total. The first kappa shape index (κ1) is 11.2. The van der Waals surface area contributed by atoms with Crippen molar-refractivity contribution < 1.29 is 4.39 Å². The lowest BCUT2D eigenvalue weighted by molar-refractivity contribution is 0.628. The van der Waals surface area contributed by atoms with E-state index >= 15 is 0 Å². The fraction of sp³-hybridized carbons (Fsp3) is 0.125. The summed E-state index contributed by atoms with van der Waals surface area (Å²) >= 11 is 6.88. The zero-order valence-electron chi connectivity index (χ0n) is 8.19. The summed E-state index contributed by atoms with van der Waals surface area (Å²) in [5.41, 5.74) is 5.96. The van der Waals surface area contributed by atoms with Gasteiger partial charge in [-0.25, -0.2) is 9.07 Å². The van der Waals surface area contributed by atoms with E-state index in [1.165, 1.54) is 28.6 Å². The quantitative estimate of drug-likeness (QED) is 0.832. The largest absolute Gasteiger partial charge is 0.398 e. The van der Waals surface area contributed by atoms with E-state index < -0.39 is 5.82 Å². The van der Waals surface area contributed by atoms with Gasteiger partial charge in [-0.3, -0.25) is 0 Å². The predicted octanol–water partition coefficient (Wildman–Crippen LogP) is 1.74. The van der Waals surface area contributed by atoms with Crippen LogP contribution in [0, 0.1) is 5.82 Å². The maximum Gasteiger partial charge on any atom is 0.213 e. The summed E-state index contributed by atoms with van der Waals surface area (Å²) in [6, 6.07) is 2.63. The Balaban J connectivity index is 2.35. The summed E-state index contributed by atoms with van der Waals surface area (Å²) in [6.07, 6.45) is 0. The molecule has 0 fully saturated rings. The zero-order chi connectivity index (χ0) is 11.7. The molecule has 2 rings (SSSR count). The Hall–Kier alpha value is -1.34. The van der Waals surface area contributed by atoms with Crippen LogP contribution in [0.3, 0.4) is 0 Å². The molecule has 0 aliphatic heterocycles. The van der Waals surface area contributed by atoms with E-state index in [-0.39, 0.29) is 5.02 Å². The molecule has 2 aromatic rings. The molecule has 84 valence electrons. The van der Waals surface area contributed by atoms with Crippen LogP contribution in [-0.4, -0.2) is 20.2 Å². The molecule has 0 saturated heterocycles. The predicted molar refractivity (Wildman–Crippen MR) is 58.7 cm³/mol. The van der Waals surface area contributed by atoms with Crippen molar-refractivity contribution in [1.82, 2.24) is 20.2 Å². The average molecular weight is 260 g/mol. The number of nitrogen functional groups attached to an aromatic ring is 1. The summed E-state index contributed by atoms with van der Waals surface area (Å²) in [6.45, 7) is 0. The maximum absolute atomic E-state index is 13.1. The Morgan fingerprint density at radius 3 is 2.88 bits per heavy atom. The van der Waals surface area contributed by atoms with Crippen LogP contribution in [0.1, 0.15) is 0 Å². The molecular weight excluding hydrogens is 253 g/mol. The zero-order valence-corrected chi connectivity index (χ0v) is 9.76. The third-order valence-electron chi connectivity index (χ3n) is 1.84. The lowest BCUT2D eigenvalue weighted by Gasteiger charge is -2.05. The van der Waals surface area contributed by atoms with Gasteiger partial charge in [0.2, 0.25) is 5.16 Å². The van der Waals surface area contributed by atoms with Crippen molar-refractivity contribution in [3.05, 3.63) is 23.0 Å². The molecule has 0 spiro atoms. The Kier molecular flexibility index (Phi) is 2.97. The number of nitrogens with zero attached hydrogens (tertiary/aromatic N) is 4. The van der Waals surface area contributed by atoms with Crippen LogP contribution in [0.5, 0.6) is 0 Å². The molecule has 16 heavy (non-hydrogen) atoms. The Bertz CT molecular complexity index is 529. The number of benzene rings is 1. The van der Waals surface area contributed by atoms with Crippen LogP contribution < -0.4 is 5.73 Å². The van der Waals surface area contributed by atoms with Crippen LogP contribution >= 0.6 is 23.4 Å². The molecule has 1 heterocycles. The topological polar surface area (TPSA) is 69.6 Å². The van der Waals surface area contributed by atoms with Gasteiger partial charge in [0, 0.05) is 17.6 Å².